The van der Waals surface area contributed by atoms with Gasteiger partial charge in [-0.05, 0) is 25.5 Å². The molecule has 11 heteroatoms. The van der Waals surface area contributed by atoms with Crippen LogP contribution in [0, 0.1) is 0 Å². The molecule has 26 heavy (non-hydrogen) atoms. The maximum atomic E-state index is 11.5. The second-order valence-electron chi connectivity index (χ2n) is 4.87. The molecule has 1 aromatic rings. The highest BCUT2D eigenvalue weighted by Gasteiger charge is 2.20. The Balaban J connectivity index is 0.000000590. The number of ketones is 1. The first-order valence-electron chi connectivity index (χ1n) is 7.25. The summed E-state index contributed by atoms with van der Waals surface area (Å²) in [6.45, 7) is 1.25. The smallest absolute Gasteiger partial charge is 0.303 e. The third-order valence-corrected chi connectivity index (χ3v) is 2.95. The van der Waals surface area contributed by atoms with Crippen molar-refractivity contribution in [1.82, 2.24) is 10.9 Å². The van der Waals surface area contributed by atoms with Crippen LogP contribution in [0.2, 0.25) is 0 Å². The number of Topliss-reactive ketones (excluding diaryl/α,β-unsaturated/α-hetero) is 1. The standard InChI is InChI=1S/C10H12N4O3.C5H8O4/c1-5(15)8-6(9(16)13-11)3-2-4-7(8)10(17)14-12;6-4(7)2-1-3-5(8)9/h2-4H,11-12H2,1H3,(H,13,16)(H,14,17);1-3H2,(H,6,7)(H,8,9). The second kappa shape index (κ2) is 11.3. The highest BCUT2D eigenvalue weighted by molar-refractivity contribution is 6.14. The lowest BCUT2D eigenvalue weighted by molar-refractivity contribution is -0.138. The normalized spacial score (nSPS) is 9.35. The quantitative estimate of drug-likeness (QED) is 0.157. The maximum absolute atomic E-state index is 11.5. The zero-order chi connectivity index (χ0) is 20.3. The van der Waals surface area contributed by atoms with Crippen molar-refractivity contribution >= 4 is 29.5 Å². The molecule has 0 aromatic heterocycles. The Kier molecular flexibility index (Phi) is 9.84. The molecule has 0 heterocycles. The first-order valence-corrected chi connectivity index (χ1v) is 7.25. The lowest BCUT2D eigenvalue weighted by Gasteiger charge is -2.10. The highest BCUT2D eigenvalue weighted by Crippen LogP contribution is 2.15. The summed E-state index contributed by atoms with van der Waals surface area (Å²) in [6, 6.07) is 4.25. The number of aliphatic carboxylic acids is 2. The van der Waals surface area contributed by atoms with Crippen LogP contribution >= 0.6 is 0 Å². The Labute approximate surface area is 148 Å². The van der Waals surface area contributed by atoms with E-state index < -0.39 is 29.5 Å². The minimum atomic E-state index is -0.948. The minimum Gasteiger partial charge on any atom is -0.481 e. The summed E-state index contributed by atoms with van der Waals surface area (Å²) in [4.78, 5) is 54.0. The molecular formula is C15H20N4O7. The van der Waals surface area contributed by atoms with Crippen molar-refractivity contribution < 1.29 is 34.2 Å². The van der Waals surface area contributed by atoms with Crippen molar-refractivity contribution in [2.75, 3.05) is 0 Å². The number of hydrazine groups is 2. The van der Waals surface area contributed by atoms with Gasteiger partial charge in [0.2, 0.25) is 0 Å². The van der Waals surface area contributed by atoms with Crippen LogP contribution in [0.3, 0.4) is 0 Å². The van der Waals surface area contributed by atoms with Gasteiger partial charge in [0.05, 0.1) is 11.1 Å². The van der Waals surface area contributed by atoms with E-state index >= 15 is 0 Å². The summed E-state index contributed by atoms with van der Waals surface area (Å²) in [5, 5.41) is 16.1. The van der Waals surface area contributed by atoms with E-state index in [1.165, 1.54) is 25.1 Å². The molecule has 0 unspecified atom stereocenters. The van der Waals surface area contributed by atoms with Gasteiger partial charge < -0.3 is 10.2 Å². The molecular weight excluding hydrogens is 348 g/mol. The number of benzene rings is 1. The number of carbonyl (C=O) groups is 5. The summed E-state index contributed by atoms with van der Waals surface area (Å²) in [6.07, 6.45) is 0.0866. The van der Waals surface area contributed by atoms with E-state index in [1.54, 1.807) is 0 Å². The fourth-order valence-corrected chi connectivity index (χ4v) is 1.86. The third kappa shape index (κ3) is 7.51. The summed E-state index contributed by atoms with van der Waals surface area (Å²) in [5.41, 5.74) is 3.86. The number of nitrogens with one attached hydrogen (secondary N) is 2. The van der Waals surface area contributed by atoms with E-state index in [4.69, 9.17) is 21.9 Å². The molecule has 0 saturated carbocycles. The number of nitrogen functional groups attached to an aromatic ring is 2. The molecule has 142 valence electrons. The van der Waals surface area contributed by atoms with Gasteiger partial charge in [-0.1, -0.05) is 6.07 Å². The summed E-state index contributed by atoms with van der Waals surface area (Å²) in [5.74, 6) is 6.37. The lowest BCUT2D eigenvalue weighted by Crippen LogP contribution is -2.34. The molecule has 0 saturated heterocycles. The van der Waals surface area contributed by atoms with Gasteiger partial charge in [0, 0.05) is 18.4 Å². The van der Waals surface area contributed by atoms with Crippen LogP contribution in [-0.2, 0) is 9.59 Å². The van der Waals surface area contributed by atoms with Crippen LogP contribution < -0.4 is 22.5 Å². The van der Waals surface area contributed by atoms with Gasteiger partial charge >= 0.3 is 11.9 Å². The fraction of sp³-hybridized carbons (Fsp3) is 0.267. The molecule has 0 radical (unpaired) electrons. The number of carbonyl (C=O) groups excluding carboxylic acids is 3. The summed E-state index contributed by atoms with van der Waals surface area (Å²) < 4.78 is 0. The highest BCUT2D eigenvalue weighted by atomic mass is 16.4. The molecule has 2 amide bonds. The number of hydrogen-bond acceptors (Lipinski definition) is 7. The van der Waals surface area contributed by atoms with Crippen LogP contribution in [0.1, 0.15) is 57.3 Å². The number of rotatable bonds is 7. The molecule has 0 atom stereocenters. The first kappa shape index (κ1) is 22.7. The lowest BCUT2D eigenvalue weighted by atomic mass is 9.97. The predicted molar refractivity (Wildman–Crippen MR) is 88.9 cm³/mol. The van der Waals surface area contributed by atoms with Crippen LogP contribution in [0.4, 0.5) is 0 Å². The zero-order valence-corrected chi connectivity index (χ0v) is 13.9. The molecule has 0 aliphatic carbocycles. The van der Waals surface area contributed by atoms with Gasteiger partial charge in [-0.2, -0.15) is 0 Å². The molecule has 11 nitrogen and oxygen atoms in total. The van der Waals surface area contributed by atoms with E-state index in [0.29, 0.717) is 0 Å². The monoisotopic (exact) mass is 368 g/mol. The van der Waals surface area contributed by atoms with E-state index in [1.807, 2.05) is 10.9 Å². The van der Waals surface area contributed by atoms with Crippen molar-refractivity contribution in [2.24, 2.45) is 11.7 Å². The third-order valence-electron chi connectivity index (χ3n) is 2.95. The first-order chi connectivity index (χ1) is 12.1. The largest absolute Gasteiger partial charge is 0.481 e. The van der Waals surface area contributed by atoms with E-state index in [0.717, 1.165) is 0 Å². The molecule has 0 spiro atoms. The van der Waals surface area contributed by atoms with Crippen LogP contribution in [-0.4, -0.2) is 39.7 Å². The molecule has 0 aliphatic rings. The minimum absolute atomic E-state index is 0.0154. The molecule has 0 bridgehead atoms. The zero-order valence-electron chi connectivity index (χ0n) is 13.9. The maximum Gasteiger partial charge on any atom is 0.303 e. The number of carboxylic acids is 2. The van der Waals surface area contributed by atoms with E-state index in [9.17, 15) is 24.0 Å². The van der Waals surface area contributed by atoms with Gasteiger partial charge in [0.1, 0.15) is 0 Å². The van der Waals surface area contributed by atoms with E-state index in [-0.39, 0.29) is 36.0 Å². The Morgan fingerprint density at radius 2 is 1.27 bits per heavy atom. The van der Waals surface area contributed by atoms with Crippen LogP contribution in [0.15, 0.2) is 18.2 Å². The second-order valence-corrected chi connectivity index (χ2v) is 4.87. The van der Waals surface area contributed by atoms with E-state index in [2.05, 4.69) is 0 Å². The topological polar surface area (TPSA) is 202 Å². The fourth-order valence-electron chi connectivity index (χ4n) is 1.86. The summed E-state index contributed by atoms with van der Waals surface area (Å²) >= 11 is 0. The van der Waals surface area contributed by atoms with Crippen LogP contribution in [0.5, 0.6) is 0 Å². The molecule has 0 aliphatic heterocycles. The number of hydrogen-bond donors (Lipinski definition) is 6. The number of nitrogens with two attached hydrogens (primary N) is 2. The molecule has 1 aromatic carbocycles. The van der Waals surface area contributed by atoms with Gasteiger partial charge in [0.25, 0.3) is 11.8 Å². The van der Waals surface area contributed by atoms with Crippen LogP contribution in [0.25, 0.3) is 0 Å². The van der Waals surface area contributed by atoms with Crippen molar-refractivity contribution in [3.8, 4) is 0 Å². The Morgan fingerprint density at radius 3 is 1.54 bits per heavy atom. The van der Waals surface area contributed by atoms with Gasteiger partial charge in [-0.25, -0.2) is 11.7 Å². The van der Waals surface area contributed by atoms with Crippen molar-refractivity contribution in [1.29, 1.82) is 0 Å². The van der Waals surface area contributed by atoms with Gasteiger partial charge in [0.15, 0.2) is 5.78 Å². The molecule has 8 N–H and O–H groups in total. The Hall–Kier alpha value is -3.31. The Bertz CT molecular complexity index is 655. The van der Waals surface area contributed by atoms with Gasteiger partial charge in [-0.15, -0.1) is 0 Å². The van der Waals surface area contributed by atoms with Crippen molar-refractivity contribution in [3.63, 3.8) is 0 Å². The van der Waals surface area contributed by atoms with Crippen molar-refractivity contribution in [2.45, 2.75) is 26.2 Å². The molecule has 0 fully saturated rings. The van der Waals surface area contributed by atoms with Crippen molar-refractivity contribution in [3.05, 3.63) is 34.9 Å². The van der Waals surface area contributed by atoms with Gasteiger partial charge in [-0.3, -0.25) is 34.8 Å². The average molecular weight is 368 g/mol. The number of amides is 2. The predicted octanol–water partition coefficient (Wildman–Crippen LogP) is -0.578. The average Bonchev–Trinajstić information content (AvgIpc) is 2.59. The SMILES string of the molecule is CC(=O)c1c(C(=O)NN)cccc1C(=O)NN.O=C(O)CCCC(=O)O. The number of carboxylic acid groups (broad SMARTS) is 2. The molecule has 1 rings (SSSR count). The Morgan fingerprint density at radius 1 is 0.885 bits per heavy atom. The summed E-state index contributed by atoms with van der Waals surface area (Å²) in [7, 11) is 0.